The van der Waals surface area contributed by atoms with Crippen molar-refractivity contribution in [3.8, 4) is 0 Å². The van der Waals surface area contributed by atoms with E-state index in [0.29, 0.717) is 6.10 Å². The highest BCUT2D eigenvalue weighted by Crippen LogP contribution is 2.22. The number of aryl methyl sites for hydroxylation is 2. The number of nitrogens with zero attached hydrogens (tertiary/aromatic N) is 3. The molecule has 0 aliphatic carbocycles. The van der Waals surface area contributed by atoms with Gasteiger partial charge in [-0.3, -0.25) is 0 Å². The molecule has 2 aromatic heterocycles. The van der Waals surface area contributed by atoms with Gasteiger partial charge in [-0.1, -0.05) is 13.0 Å². The third-order valence-electron chi connectivity index (χ3n) is 3.94. The summed E-state index contributed by atoms with van der Waals surface area (Å²) in [4.78, 5) is 12.9. The molecule has 0 spiro atoms. The van der Waals surface area contributed by atoms with Crippen LogP contribution >= 0.6 is 11.3 Å². The molecule has 1 atom stereocenters. The molecule has 1 unspecified atom stereocenters. The minimum absolute atomic E-state index is 0.320. The van der Waals surface area contributed by atoms with Crippen LogP contribution in [0.3, 0.4) is 0 Å². The van der Waals surface area contributed by atoms with Crippen molar-refractivity contribution in [1.82, 2.24) is 9.97 Å². The second-order valence-electron chi connectivity index (χ2n) is 5.71. The number of aromatic nitrogens is 2. The van der Waals surface area contributed by atoms with E-state index in [0.717, 1.165) is 49.9 Å². The molecule has 1 aliphatic heterocycles. The molecule has 1 saturated heterocycles. The van der Waals surface area contributed by atoms with Gasteiger partial charge >= 0.3 is 0 Å². The van der Waals surface area contributed by atoms with E-state index in [1.807, 2.05) is 6.92 Å². The Labute approximate surface area is 136 Å². The predicted molar refractivity (Wildman–Crippen MR) is 90.5 cm³/mol. The first-order valence-electron chi connectivity index (χ1n) is 7.98. The van der Waals surface area contributed by atoms with Crippen molar-refractivity contribution in [2.75, 3.05) is 18.1 Å². The monoisotopic (exact) mass is 317 g/mol. The van der Waals surface area contributed by atoms with Crippen LogP contribution in [0.25, 0.3) is 0 Å². The SMILES string of the molecule is CCc1cc(N(Cc2cccs2)CC2CCCO2)nc(C)n1. The standard InChI is InChI=1S/C17H23N3OS/c1-3-14-10-17(19-13(2)18-14)20(11-15-6-4-8-21-15)12-16-7-5-9-22-16/h5,7,9-10,15H,3-4,6,8,11-12H2,1-2H3. The van der Waals surface area contributed by atoms with Gasteiger partial charge in [0.25, 0.3) is 0 Å². The molecular formula is C17H23N3OS. The third kappa shape index (κ3) is 3.84. The van der Waals surface area contributed by atoms with Gasteiger partial charge in [-0.25, -0.2) is 9.97 Å². The van der Waals surface area contributed by atoms with Gasteiger partial charge in [0.2, 0.25) is 0 Å². The molecule has 3 heterocycles. The lowest BCUT2D eigenvalue weighted by molar-refractivity contribution is 0.115. The van der Waals surface area contributed by atoms with Gasteiger partial charge in [-0.15, -0.1) is 11.3 Å². The highest BCUT2D eigenvalue weighted by atomic mass is 32.1. The average Bonchev–Trinajstić information content (AvgIpc) is 3.19. The van der Waals surface area contributed by atoms with Crippen molar-refractivity contribution in [1.29, 1.82) is 0 Å². The van der Waals surface area contributed by atoms with E-state index in [-0.39, 0.29) is 0 Å². The van der Waals surface area contributed by atoms with Crippen molar-refractivity contribution < 1.29 is 4.74 Å². The molecular weight excluding hydrogens is 294 g/mol. The molecule has 0 saturated carbocycles. The molecule has 1 aliphatic rings. The summed E-state index contributed by atoms with van der Waals surface area (Å²) >= 11 is 1.79. The van der Waals surface area contributed by atoms with Crippen molar-refractivity contribution in [3.05, 3.63) is 40.0 Å². The Bertz CT molecular complexity index is 594. The van der Waals surface area contributed by atoms with Crippen LogP contribution in [0.1, 0.15) is 36.2 Å². The van der Waals surface area contributed by atoms with Crippen LogP contribution in [0.2, 0.25) is 0 Å². The average molecular weight is 317 g/mol. The largest absolute Gasteiger partial charge is 0.376 e. The molecule has 22 heavy (non-hydrogen) atoms. The van der Waals surface area contributed by atoms with Gasteiger partial charge in [0.1, 0.15) is 11.6 Å². The maximum Gasteiger partial charge on any atom is 0.132 e. The molecule has 0 amide bonds. The van der Waals surface area contributed by atoms with Gasteiger partial charge in [-0.2, -0.15) is 0 Å². The minimum atomic E-state index is 0.320. The predicted octanol–water partition coefficient (Wildman–Crippen LogP) is 3.59. The van der Waals surface area contributed by atoms with Crippen molar-refractivity contribution in [2.24, 2.45) is 0 Å². The first-order chi connectivity index (χ1) is 10.7. The van der Waals surface area contributed by atoms with E-state index in [9.17, 15) is 0 Å². The van der Waals surface area contributed by atoms with Crippen molar-refractivity contribution >= 4 is 17.2 Å². The second kappa shape index (κ2) is 7.20. The van der Waals surface area contributed by atoms with E-state index < -0.39 is 0 Å². The van der Waals surface area contributed by atoms with Crippen LogP contribution in [0.4, 0.5) is 5.82 Å². The summed E-state index contributed by atoms with van der Waals surface area (Å²) < 4.78 is 5.83. The number of hydrogen-bond acceptors (Lipinski definition) is 5. The van der Waals surface area contributed by atoms with E-state index in [4.69, 9.17) is 4.74 Å². The van der Waals surface area contributed by atoms with Crippen molar-refractivity contribution in [3.63, 3.8) is 0 Å². The summed E-state index contributed by atoms with van der Waals surface area (Å²) in [7, 11) is 0. The molecule has 0 N–H and O–H groups in total. The first-order valence-corrected chi connectivity index (χ1v) is 8.86. The highest BCUT2D eigenvalue weighted by molar-refractivity contribution is 7.09. The molecule has 1 fully saturated rings. The molecule has 118 valence electrons. The Morgan fingerprint density at radius 3 is 3.00 bits per heavy atom. The summed E-state index contributed by atoms with van der Waals surface area (Å²) in [5.41, 5.74) is 1.10. The van der Waals surface area contributed by atoms with E-state index in [2.05, 4.69) is 45.4 Å². The van der Waals surface area contributed by atoms with Crippen LogP contribution in [0.5, 0.6) is 0 Å². The van der Waals surface area contributed by atoms with E-state index >= 15 is 0 Å². The van der Waals surface area contributed by atoms with Gasteiger partial charge in [0.15, 0.2) is 0 Å². The zero-order valence-corrected chi connectivity index (χ0v) is 14.1. The Balaban J connectivity index is 1.84. The quantitative estimate of drug-likeness (QED) is 0.816. The summed E-state index contributed by atoms with van der Waals surface area (Å²) in [6, 6.07) is 6.41. The smallest absolute Gasteiger partial charge is 0.132 e. The topological polar surface area (TPSA) is 38.2 Å². The molecule has 0 bridgehead atoms. The number of thiophene rings is 1. The van der Waals surface area contributed by atoms with Gasteiger partial charge in [0, 0.05) is 29.8 Å². The van der Waals surface area contributed by atoms with Crippen LogP contribution in [0.15, 0.2) is 23.6 Å². The lowest BCUT2D eigenvalue weighted by Crippen LogP contribution is -2.32. The molecule has 4 nitrogen and oxygen atoms in total. The maximum absolute atomic E-state index is 5.83. The number of anilines is 1. The Hall–Kier alpha value is -1.46. The summed E-state index contributed by atoms with van der Waals surface area (Å²) in [6.45, 7) is 6.78. The van der Waals surface area contributed by atoms with E-state index in [1.165, 1.54) is 11.3 Å². The Kier molecular flexibility index (Phi) is 5.05. The van der Waals surface area contributed by atoms with Crippen LogP contribution in [-0.2, 0) is 17.7 Å². The zero-order chi connectivity index (χ0) is 15.4. The molecule has 0 radical (unpaired) electrons. The van der Waals surface area contributed by atoms with Gasteiger partial charge in [0.05, 0.1) is 12.6 Å². The number of ether oxygens (including phenoxy) is 1. The second-order valence-corrected chi connectivity index (χ2v) is 6.75. The maximum atomic E-state index is 5.83. The lowest BCUT2D eigenvalue weighted by Gasteiger charge is -2.26. The van der Waals surface area contributed by atoms with Gasteiger partial charge in [-0.05, 0) is 37.6 Å². The lowest BCUT2D eigenvalue weighted by atomic mass is 10.2. The summed E-state index contributed by atoms with van der Waals surface area (Å²) in [6.07, 6.45) is 3.57. The zero-order valence-electron chi connectivity index (χ0n) is 13.3. The Morgan fingerprint density at radius 1 is 1.41 bits per heavy atom. The first kappa shape index (κ1) is 15.4. The van der Waals surface area contributed by atoms with Crippen LogP contribution < -0.4 is 4.90 Å². The highest BCUT2D eigenvalue weighted by Gasteiger charge is 2.21. The minimum Gasteiger partial charge on any atom is -0.376 e. The van der Waals surface area contributed by atoms with Crippen LogP contribution in [-0.4, -0.2) is 29.2 Å². The number of rotatable bonds is 6. The summed E-state index contributed by atoms with van der Waals surface area (Å²) in [5.74, 6) is 1.87. The van der Waals surface area contributed by atoms with Gasteiger partial charge < -0.3 is 9.64 Å². The molecule has 0 aromatic carbocycles. The fourth-order valence-electron chi connectivity index (χ4n) is 2.82. The van der Waals surface area contributed by atoms with Crippen molar-refractivity contribution in [2.45, 2.75) is 45.8 Å². The third-order valence-corrected chi connectivity index (χ3v) is 4.80. The fourth-order valence-corrected chi connectivity index (χ4v) is 3.54. The number of hydrogen-bond donors (Lipinski definition) is 0. The van der Waals surface area contributed by atoms with E-state index in [1.54, 1.807) is 11.3 Å². The molecule has 2 aromatic rings. The summed E-state index contributed by atoms with van der Waals surface area (Å²) in [5, 5.41) is 2.13. The fraction of sp³-hybridized carbons (Fsp3) is 0.529. The Morgan fingerprint density at radius 2 is 2.32 bits per heavy atom. The normalized spacial score (nSPS) is 17.8. The molecule has 3 rings (SSSR count). The van der Waals surface area contributed by atoms with Crippen LogP contribution in [0, 0.1) is 6.92 Å². The molecule has 5 heteroatoms.